The summed E-state index contributed by atoms with van der Waals surface area (Å²) < 4.78 is 30.8. The number of nitrogens with one attached hydrogen (secondary N) is 1. The lowest BCUT2D eigenvalue weighted by atomic mass is 9.96. The van der Waals surface area contributed by atoms with E-state index in [1.165, 1.54) is 11.3 Å². The van der Waals surface area contributed by atoms with Crippen molar-refractivity contribution >= 4 is 37.0 Å². The number of carbonyl (C=O) groups is 1. The first-order valence-electron chi connectivity index (χ1n) is 9.02. The minimum Gasteiger partial charge on any atom is -0.486 e. The van der Waals surface area contributed by atoms with E-state index < -0.39 is 15.7 Å². The molecule has 1 aliphatic heterocycles. The van der Waals surface area contributed by atoms with Crippen LogP contribution in [0.4, 0.5) is 5.00 Å². The molecule has 1 amide bonds. The average Bonchev–Trinajstić information content (AvgIpc) is 3.04. The SMILES string of the molecule is N#Cc1c(NC(=O)C2=C(c3ccccc3)S(=O)(=O)CCO2)sc2c1CCCC2. The maximum absolute atomic E-state index is 13.0. The number of rotatable bonds is 3. The number of nitriles is 1. The Morgan fingerprint density at radius 1 is 1.18 bits per heavy atom. The Balaban J connectivity index is 1.75. The number of benzene rings is 1. The number of amides is 1. The van der Waals surface area contributed by atoms with Gasteiger partial charge in [0.2, 0.25) is 5.76 Å². The van der Waals surface area contributed by atoms with Crippen LogP contribution in [0, 0.1) is 11.3 Å². The zero-order valence-electron chi connectivity index (χ0n) is 15.0. The van der Waals surface area contributed by atoms with Crippen molar-refractivity contribution in [1.29, 1.82) is 5.26 Å². The van der Waals surface area contributed by atoms with Gasteiger partial charge in [-0.25, -0.2) is 8.42 Å². The Morgan fingerprint density at radius 3 is 2.68 bits per heavy atom. The largest absolute Gasteiger partial charge is 0.486 e. The molecule has 28 heavy (non-hydrogen) atoms. The van der Waals surface area contributed by atoms with Gasteiger partial charge < -0.3 is 10.1 Å². The average molecular weight is 415 g/mol. The maximum Gasteiger partial charge on any atom is 0.292 e. The molecular formula is C20H18N2O4S2. The number of carbonyl (C=O) groups excluding carboxylic acids is 1. The highest BCUT2D eigenvalue weighted by Crippen LogP contribution is 2.38. The number of anilines is 1. The predicted octanol–water partition coefficient (Wildman–Crippen LogP) is 3.25. The zero-order valence-corrected chi connectivity index (χ0v) is 16.7. The molecule has 0 atom stereocenters. The summed E-state index contributed by atoms with van der Waals surface area (Å²) in [5.74, 6) is -1.03. The molecule has 0 unspecified atom stereocenters. The third-order valence-electron chi connectivity index (χ3n) is 4.87. The maximum atomic E-state index is 13.0. The van der Waals surface area contributed by atoms with Crippen LogP contribution in [0.15, 0.2) is 36.1 Å². The Morgan fingerprint density at radius 2 is 1.93 bits per heavy atom. The molecule has 0 bridgehead atoms. The number of nitrogens with zero attached hydrogens (tertiary/aromatic N) is 1. The first-order valence-corrected chi connectivity index (χ1v) is 11.5. The highest BCUT2D eigenvalue weighted by molar-refractivity contribution is 8.00. The first kappa shape index (κ1) is 18.7. The lowest BCUT2D eigenvalue weighted by Gasteiger charge is -2.21. The summed E-state index contributed by atoms with van der Waals surface area (Å²) in [5.41, 5.74) is 1.90. The summed E-state index contributed by atoms with van der Waals surface area (Å²) >= 11 is 1.39. The van der Waals surface area contributed by atoms with Crippen molar-refractivity contribution in [1.82, 2.24) is 0 Å². The number of sulfone groups is 1. The van der Waals surface area contributed by atoms with Crippen molar-refractivity contribution in [2.24, 2.45) is 0 Å². The van der Waals surface area contributed by atoms with Gasteiger partial charge in [0.1, 0.15) is 22.6 Å². The van der Waals surface area contributed by atoms with Gasteiger partial charge in [0.15, 0.2) is 9.84 Å². The molecule has 6 nitrogen and oxygen atoms in total. The summed E-state index contributed by atoms with van der Waals surface area (Å²) in [7, 11) is -3.65. The molecule has 1 aromatic carbocycles. The van der Waals surface area contributed by atoms with Crippen LogP contribution in [0.5, 0.6) is 0 Å². The molecule has 2 aromatic rings. The molecule has 4 rings (SSSR count). The molecule has 144 valence electrons. The van der Waals surface area contributed by atoms with Gasteiger partial charge in [-0.1, -0.05) is 30.3 Å². The van der Waals surface area contributed by atoms with Crippen LogP contribution >= 0.6 is 11.3 Å². The third-order valence-corrected chi connectivity index (χ3v) is 7.82. The van der Waals surface area contributed by atoms with Gasteiger partial charge in [0, 0.05) is 4.88 Å². The quantitative estimate of drug-likeness (QED) is 0.832. The van der Waals surface area contributed by atoms with Gasteiger partial charge in [0.05, 0.1) is 11.3 Å². The van der Waals surface area contributed by atoms with E-state index in [1.54, 1.807) is 30.3 Å². The number of hydrogen-bond donors (Lipinski definition) is 1. The second-order valence-electron chi connectivity index (χ2n) is 6.67. The van der Waals surface area contributed by atoms with E-state index in [0.717, 1.165) is 36.1 Å². The third kappa shape index (κ3) is 3.32. The fraction of sp³-hybridized carbons (Fsp3) is 0.300. The monoisotopic (exact) mass is 414 g/mol. The lowest BCUT2D eigenvalue weighted by molar-refractivity contribution is -0.115. The Hall–Kier alpha value is -2.63. The summed E-state index contributed by atoms with van der Waals surface area (Å²) in [6.07, 6.45) is 3.81. The van der Waals surface area contributed by atoms with E-state index in [1.807, 2.05) is 0 Å². The van der Waals surface area contributed by atoms with Crippen LogP contribution in [0.3, 0.4) is 0 Å². The minimum atomic E-state index is -3.65. The summed E-state index contributed by atoms with van der Waals surface area (Å²) in [4.78, 5) is 14.0. The van der Waals surface area contributed by atoms with Gasteiger partial charge in [-0.15, -0.1) is 11.3 Å². The number of thiophene rings is 1. The molecule has 0 saturated carbocycles. The van der Waals surface area contributed by atoms with E-state index in [-0.39, 0.29) is 23.0 Å². The highest BCUT2D eigenvalue weighted by Gasteiger charge is 2.34. The first-order chi connectivity index (χ1) is 13.5. The van der Waals surface area contributed by atoms with E-state index in [4.69, 9.17) is 4.74 Å². The number of ether oxygens (including phenoxy) is 1. The standard InChI is InChI=1S/C20H18N2O4S2/c21-12-15-14-8-4-5-9-16(14)27-20(15)22-19(23)17-18(13-6-2-1-3-7-13)28(24,25)11-10-26-17/h1-3,6-7H,4-5,8-11H2,(H,22,23). The number of fused-ring (bicyclic) bond motifs is 1. The molecule has 2 aliphatic rings. The highest BCUT2D eigenvalue weighted by atomic mass is 32.2. The molecule has 0 radical (unpaired) electrons. The van der Waals surface area contributed by atoms with Crippen LogP contribution in [-0.4, -0.2) is 26.7 Å². The molecule has 0 spiro atoms. The van der Waals surface area contributed by atoms with Crippen molar-refractivity contribution in [2.45, 2.75) is 25.7 Å². The second kappa shape index (κ2) is 7.41. The predicted molar refractivity (Wildman–Crippen MR) is 107 cm³/mol. The molecule has 0 fully saturated rings. The van der Waals surface area contributed by atoms with Crippen LogP contribution in [0.2, 0.25) is 0 Å². The van der Waals surface area contributed by atoms with E-state index in [9.17, 15) is 18.5 Å². The van der Waals surface area contributed by atoms with Crippen molar-refractivity contribution < 1.29 is 17.9 Å². The molecule has 1 aromatic heterocycles. The van der Waals surface area contributed by atoms with Crippen LogP contribution in [0.25, 0.3) is 4.91 Å². The van der Waals surface area contributed by atoms with E-state index >= 15 is 0 Å². The molecule has 8 heteroatoms. The van der Waals surface area contributed by atoms with Crippen molar-refractivity contribution in [3.8, 4) is 6.07 Å². The van der Waals surface area contributed by atoms with Crippen LogP contribution in [-0.2, 0) is 32.2 Å². The normalized spacial score (nSPS) is 18.0. The Labute approximate surface area is 167 Å². The molecule has 1 aliphatic carbocycles. The van der Waals surface area contributed by atoms with Gasteiger partial charge in [0.25, 0.3) is 5.91 Å². The summed E-state index contributed by atoms with van der Waals surface area (Å²) in [5, 5.41) is 12.8. The Bertz CT molecular complexity index is 1110. The van der Waals surface area contributed by atoms with Gasteiger partial charge in [-0.2, -0.15) is 5.26 Å². The van der Waals surface area contributed by atoms with E-state index in [0.29, 0.717) is 16.1 Å². The van der Waals surface area contributed by atoms with Crippen molar-refractivity contribution in [3.63, 3.8) is 0 Å². The minimum absolute atomic E-state index is 0.0759. The molecule has 0 saturated heterocycles. The smallest absolute Gasteiger partial charge is 0.292 e. The fourth-order valence-electron chi connectivity index (χ4n) is 3.56. The van der Waals surface area contributed by atoms with Crippen molar-refractivity contribution in [3.05, 3.63) is 57.7 Å². The summed E-state index contributed by atoms with van der Waals surface area (Å²) in [6, 6.07) is 10.7. The lowest BCUT2D eigenvalue weighted by Crippen LogP contribution is -2.28. The number of aryl methyl sites for hydroxylation is 1. The fourth-order valence-corrected chi connectivity index (χ4v) is 6.23. The van der Waals surface area contributed by atoms with Gasteiger partial charge >= 0.3 is 0 Å². The van der Waals surface area contributed by atoms with Crippen molar-refractivity contribution in [2.75, 3.05) is 17.7 Å². The topological polar surface area (TPSA) is 96.3 Å². The molecule has 2 heterocycles. The zero-order chi connectivity index (χ0) is 19.7. The number of hydrogen-bond acceptors (Lipinski definition) is 6. The Kier molecular flexibility index (Phi) is 4.96. The van der Waals surface area contributed by atoms with E-state index in [2.05, 4.69) is 11.4 Å². The van der Waals surface area contributed by atoms with Gasteiger partial charge in [-0.05, 0) is 36.8 Å². The van der Waals surface area contributed by atoms with Gasteiger partial charge in [-0.3, -0.25) is 4.79 Å². The molecule has 1 N–H and O–H groups in total. The second-order valence-corrected chi connectivity index (χ2v) is 9.82. The summed E-state index contributed by atoms with van der Waals surface area (Å²) in [6.45, 7) is -0.0759. The molecular weight excluding hydrogens is 396 g/mol. The van der Waals surface area contributed by atoms with Crippen LogP contribution in [0.1, 0.15) is 34.4 Å². The van der Waals surface area contributed by atoms with Crippen LogP contribution < -0.4 is 5.32 Å².